The van der Waals surface area contributed by atoms with Gasteiger partial charge in [-0.25, -0.2) is 4.39 Å². The van der Waals surface area contributed by atoms with E-state index in [9.17, 15) is 4.39 Å². The van der Waals surface area contributed by atoms with E-state index in [1.54, 1.807) is 12.1 Å². The van der Waals surface area contributed by atoms with E-state index in [-0.39, 0.29) is 11.9 Å². The Balaban J connectivity index is 2.30. The van der Waals surface area contributed by atoms with E-state index in [0.29, 0.717) is 0 Å². The zero-order valence-electron chi connectivity index (χ0n) is 11.5. The van der Waals surface area contributed by atoms with E-state index >= 15 is 0 Å². The largest absolute Gasteiger partial charge is 0.371 e. The van der Waals surface area contributed by atoms with Crippen molar-refractivity contribution in [2.45, 2.75) is 32.7 Å². The van der Waals surface area contributed by atoms with Crippen molar-refractivity contribution >= 4 is 5.69 Å². The molecule has 1 aliphatic rings. The monoisotopic (exact) mass is 250 g/mol. The minimum Gasteiger partial charge on any atom is -0.371 e. The first-order chi connectivity index (χ1) is 8.61. The molecule has 1 saturated heterocycles. The molecule has 2 rings (SSSR count). The molecule has 1 aromatic carbocycles. The molecule has 3 heteroatoms. The van der Waals surface area contributed by atoms with Gasteiger partial charge in [0, 0.05) is 24.8 Å². The number of halogens is 1. The molecule has 0 amide bonds. The van der Waals surface area contributed by atoms with Crippen LogP contribution in [0.4, 0.5) is 10.1 Å². The molecule has 1 fully saturated rings. The Kier molecular flexibility index (Phi) is 4.23. The third kappa shape index (κ3) is 2.83. The van der Waals surface area contributed by atoms with Gasteiger partial charge in [-0.2, -0.15) is 0 Å². The highest BCUT2D eigenvalue weighted by Crippen LogP contribution is 2.30. The van der Waals surface area contributed by atoms with Crippen molar-refractivity contribution in [1.29, 1.82) is 0 Å². The zero-order chi connectivity index (χ0) is 13.1. The van der Waals surface area contributed by atoms with Gasteiger partial charge in [0.2, 0.25) is 0 Å². The molecule has 2 atom stereocenters. The molecule has 2 nitrogen and oxygen atoms in total. The summed E-state index contributed by atoms with van der Waals surface area (Å²) in [7, 11) is 1.91. The second-order valence-electron chi connectivity index (χ2n) is 5.41. The van der Waals surface area contributed by atoms with Gasteiger partial charge >= 0.3 is 0 Å². The lowest BCUT2D eigenvalue weighted by atomic mass is 9.97. The minimum atomic E-state index is -0.152. The summed E-state index contributed by atoms with van der Waals surface area (Å²) < 4.78 is 13.4. The fourth-order valence-electron chi connectivity index (χ4n) is 2.72. The van der Waals surface area contributed by atoms with Gasteiger partial charge in [0.15, 0.2) is 0 Å². The molecule has 1 aliphatic heterocycles. The van der Waals surface area contributed by atoms with Crippen LogP contribution in [-0.2, 0) is 0 Å². The quantitative estimate of drug-likeness (QED) is 0.885. The maximum absolute atomic E-state index is 13.4. The van der Waals surface area contributed by atoms with Crippen molar-refractivity contribution < 1.29 is 4.39 Å². The predicted octanol–water partition coefficient (Wildman–Crippen LogP) is 3.34. The first kappa shape index (κ1) is 13.3. The Bertz CT molecular complexity index is 405. The smallest absolute Gasteiger partial charge is 0.123 e. The summed E-state index contributed by atoms with van der Waals surface area (Å²) in [4.78, 5) is 2.40. The van der Waals surface area contributed by atoms with Gasteiger partial charge in [0.25, 0.3) is 0 Å². The van der Waals surface area contributed by atoms with E-state index in [2.05, 4.69) is 24.1 Å². The van der Waals surface area contributed by atoms with Crippen molar-refractivity contribution in [3.63, 3.8) is 0 Å². The van der Waals surface area contributed by atoms with Gasteiger partial charge < -0.3 is 10.2 Å². The topological polar surface area (TPSA) is 15.3 Å². The molecule has 18 heavy (non-hydrogen) atoms. The Morgan fingerprint density at radius 1 is 1.44 bits per heavy atom. The summed E-state index contributed by atoms with van der Waals surface area (Å²) >= 11 is 0. The van der Waals surface area contributed by atoms with E-state index in [1.165, 1.54) is 18.5 Å². The van der Waals surface area contributed by atoms with Gasteiger partial charge in [-0.1, -0.05) is 6.92 Å². The summed E-state index contributed by atoms with van der Waals surface area (Å²) in [6.45, 7) is 6.52. The van der Waals surface area contributed by atoms with E-state index in [4.69, 9.17) is 0 Å². The van der Waals surface area contributed by atoms with Crippen molar-refractivity contribution in [2.24, 2.45) is 5.92 Å². The summed E-state index contributed by atoms with van der Waals surface area (Å²) in [6.07, 6.45) is 2.53. The van der Waals surface area contributed by atoms with Crippen LogP contribution in [0.15, 0.2) is 18.2 Å². The maximum Gasteiger partial charge on any atom is 0.123 e. The van der Waals surface area contributed by atoms with Gasteiger partial charge in [0.1, 0.15) is 5.82 Å². The molecule has 0 spiro atoms. The second-order valence-corrected chi connectivity index (χ2v) is 5.41. The predicted molar refractivity (Wildman–Crippen MR) is 74.5 cm³/mol. The van der Waals surface area contributed by atoms with Crippen molar-refractivity contribution in [1.82, 2.24) is 5.32 Å². The van der Waals surface area contributed by atoms with Crippen LogP contribution in [-0.4, -0.2) is 20.1 Å². The molecule has 100 valence electrons. The molecular formula is C15H23FN2. The zero-order valence-corrected chi connectivity index (χ0v) is 11.5. The normalized spacial score (nSPS) is 22.0. The van der Waals surface area contributed by atoms with Crippen LogP contribution in [0, 0.1) is 11.7 Å². The van der Waals surface area contributed by atoms with Gasteiger partial charge in [-0.15, -0.1) is 0 Å². The molecular weight excluding hydrogens is 227 g/mol. The SMILES string of the molecule is CNC(C)c1cc(F)ccc1N1CCCC(C)C1. The van der Waals surface area contributed by atoms with Gasteiger partial charge in [-0.05, 0) is 56.5 Å². The lowest BCUT2D eigenvalue weighted by Gasteiger charge is -2.35. The number of anilines is 1. The third-order valence-corrected chi connectivity index (χ3v) is 3.89. The number of rotatable bonds is 3. The Hall–Kier alpha value is -1.09. The van der Waals surface area contributed by atoms with Crippen molar-refractivity contribution in [3.05, 3.63) is 29.6 Å². The fourth-order valence-corrected chi connectivity index (χ4v) is 2.72. The molecule has 1 N–H and O–H groups in total. The molecule has 0 saturated carbocycles. The standard InChI is InChI=1S/C15H23FN2/c1-11-5-4-8-18(10-11)15-7-6-13(16)9-14(15)12(2)17-3/h6-7,9,11-12,17H,4-5,8,10H2,1-3H3. The first-order valence-electron chi connectivity index (χ1n) is 6.83. The highest BCUT2D eigenvalue weighted by molar-refractivity contribution is 5.55. The van der Waals surface area contributed by atoms with E-state index in [0.717, 1.165) is 24.6 Å². The summed E-state index contributed by atoms with van der Waals surface area (Å²) in [5.41, 5.74) is 2.25. The lowest BCUT2D eigenvalue weighted by molar-refractivity contribution is 0.445. The number of hydrogen-bond acceptors (Lipinski definition) is 2. The van der Waals surface area contributed by atoms with Crippen LogP contribution in [0.1, 0.15) is 38.3 Å². The van der Waals surface area contributed by atoms with Crippen LogP contribution in [0.5, 0.6) is 0 Å². The number of nitrogens with one attached hydrogen (secondary N) is 1. The first-order valence-corrected chi connectivity index (χ1v) is 6.83. The van der Waals surface area contributed by atoms with Crippen LogP contribution in [0.25, 0.3) is 0 Å². The number of nitrogens with zero attached hydrogens (tertiary/aromatic N) is 1. The molecule has 0 radical (unpaired) electrons. The highest BCUT2D eigenvalue weighted by atomic mass is 19.1. The Morgan fingerprint density at radius 3 is 2.89 bits per heavy atom. The number of benzene rings is 1. The number of piperidine rings is 1. The summed E-state index contributed by atoms with van der Waals surface area (Å²) in [5.74, 6) is 0.572. The van der Waals surface area contributed by atoms with Crippen LogP contribution in [0.3, 0.4) is 0 Å². The molecule has 0 bridgehead atoms. The van der Waals surface area contributed by atoms with Crippen LogP contribution < -0.4 is 10.2 Å². The summed E-state index contributed by atoms with van der Waals surface area (Å²) in [6, 6.07) is 5.33. The van der Waals surface area contributed by atoms with Gasteiger partial charge in [-0.3, -0.25) is 0 Å². The lowest BCUT2D eigenvalue weighted by Crippen LogP contribution is -2.35. The molecule has 1 aromatic rings. The fraction of sp³-hybridized carbons (Fsp3) is 0.600. The summed E-state index contributed by atoms with van der Waals surface area (Å²) in [5, 5.41) is 3.21. The van der Waals surface area contributed by atoms with Crippen LogP contribution >= 0.6 is 0 Å². The average molecular weight is 250 g/mol. The van der Waals surface area contributed by atoms with E-state index in [1.807, 2.05) is 13.1 Å². The molecule has 0 aliphatic carbocycles. The molecule has 0 aromatic heterocycles. The minimum absolute atomic E-state index is 0.152. The molecule has 1 heterocycles. The Labute approximate surface area is 109 Å². The highest BCUT2D eigenvalue weighted by Gasteiger charge is 2.20. The van der Waals surface area contributed by atoms with Crippen LogP contribution in [0.2, 0.25) is 0 Å². The van der Waals surface area contributed by atoms with Crippen molar-refractivity contribution in [2.75, 3.05) is 25.0 Å². The third-order valence-electron chi connectivity index (χ3n) is 3.89. The van der Waals surface area contributed by atoms with Crippen molar-refractivity contribution in [3.8, 4) is 0 Å². The Morgan fingerprint density at radius 2 is 2.22 bits per heavy atom. The second kappa shape index (κ2) is 5.70. The number of hydrogen-bond donors (Lipinski definition) is 1. The van der Waals surface area contributed by atoms with E-state index < -0.39 is 0 Å². The maximum atomic E-state index is 13.4. The molecule has 2 unspecified atom stereocenters. The van der Waals surface area contributed by atoms with Gasteiger partial charge in [0.05, 0.1) is 0 Å². The average Bonchev–Trinajstić information content (AvgIpc) is 2.37.